The Morgan fingerprint density at radius 1 is 1.47 bits per heavy atom. The number of ether oxygens (including phenoxy) is 1. The van der Waals surface area contributed by atoms with E-state index in [0.717, 1.165) is 16.9 Å². The molecule has 0 fully saturated rings. The van der Waals surface area contributed by atoms with Crippen molar-refractivity contribution in [1.82, 2.24) is 0 Å². The van der Waals surface area contributed by atoms with Gasteiger partial charge in [-0.15, -0.1) is 11.8 Å². The highest BCUT2D eigenvalue weighted by Gasteiger charge is 2.27. The number of hydrogen-bond acceptors (Lipinski definition) is 4. The fraction of sp³-hybridized carbons (Fsp3) is 0.385. The predicted molar refractivity (Wildman–Crippen MR) is 66.4 cm³/mol. The van der Waals surface area contributed by atoms with Crippen molar-refractivity contribution in [2.24, 2.45) is 0 Å². The second-order valence-corrected chi connectivity index (χ2v) is 5.42. The van der Waals surface area contributed by atoms with E-state index in [1.165, 1.54) is 0 Å². The Kier molecular flexibility index (Phi) is 3.52. The Morgan fingerprint density at radius 2 is 2.24 bits per heavy atom. The second-order valence-electron chi connectivity index (χ2n) is 3.98. The predicted octanol–water partition coefficient (Wildman–Crippen LogP) is 2.47. The summed E-state index contributed by atoms with van der Waals surface area (Å²) in [4.78, 5) is 24.3. The number of benzene rings is 1. The molecule has 17 heavy (non-hydrogen) atoms. The SMILES string of the molecule is CCOC(=O)C(=O)c1cccc2c1SC(C)C2. The first-order valence-electron chi connectivity index (χ1n) is 5.63. The molecule has 3 nitrogen and oxygen atoms in total. The molecule has 0 spiro atoms. The van der Waals surface area contributed by atoms with Crippen LogP contribution in [-0.2, 0) is 16.0 Å². The Labute approximate surface area is 105 Å². The maximum atomic E-state index is 11.9. The quantitative estimate of drug-likeness (QED) is 0.469. The first-order valence-corrected chi connectivity index (χ1v) is 6.51. The number of Topliss-reactive ketones (excluding diaryl/α,β-unsaturated/α-hetero) is 1. The zero-order valence-electron chi connectivity index (χ0n) is 9.86. The minimum atomic E-state index is -0.763. The van der Waals surface area contributed by atoms with Crippen LogP contribution >= 0.6 is 11.8 Å². The van der Waals surface area contributed by atoms with Crippen LogP contribution in [0, 0.1) is 0 Å². The van der Waals surface area contributed by atoms with Gasteiger partial charge in [0.2, 0.25) is 0 Å². The molecule has 1 aromatic rings. The van der Waals surface area contributed by atoms with E-state index >= 15 is 0 Å². The lowest BCUT2D eigenvalue weighted by atomic mass is 10.0. The van der Waals surface area contributed by atoms with Crippen LogP contribution in [0.1, 0.15) is 29.8 Å². The number of ketones is 1. The van der Waals surface area contributed by atoms with Gasteiger partial charge in [0, 0.05) is 15.7 Å². The summed E-state index contributed by atoms with van der Waals surface area (Å²) in [5, 5.41) is 0.459. The van der Waals surface area contributed by atoms with Gasteiger partial charge in [0.05, 0.1) is 6.61 Å². The number of fused-ring (bicyclic) bond motifs is 1. The molecule has 1 heterocycles. The van der Waals surface area contributed by atoms with Gasteiger partial charge in [-0.25, -0.2) is 4.79 Å². The van der Waals surface area contributed by atoms with Gasteiger partial charge >= 0.3 is 5.97 Å². The summed E-state index contributed by atoms with van der Waals surface area (Å²) < 4.78 is 4.75. The molecule has 4 heteroatoms. The summed E-state index contributed by atoms with van der Waals surface area (Å²) in [6, 6.07) is 5.53. The van der Waals surface area contributed by atoms with Crippen LogP contribution in [0.3, 0.4) is 0 Å². The van der Waals surface area contributed by atoms with Gasteiger partial charge in [-0.1, -0.05) is 19.1 Å². The molecule has 1 atom stereocenters. The van der Waals surface area contributed by atoms with Crippen molar-refractivity contribution in [3.8, 4) is 0 Å². The Hall–Kier alpha value is -1.29. The van der Waals surface area contributed by atoms with Crippen molar-refractivity contribution in [2.45, 2.75) is 30.4 Å². The Bertz CT molecular complexity index is 468. The summed E-state index contributed by atoms with van der Waals surface area (Å²) in [5.74, 6) is -1.30. The lowest BCUT2D eigenvalue weighted by Crippen LogP contribution is -2.18. The molecule has 2 rings (SSSR count). The standard InChI is InChI=1S/C13H14O3S/c1-3-16-13(15)11(14)10-6-4-5-9-7-8(2)17-12(9)10/h4-6,8H,3,7H2,1-2H3. The fourth-order valence-corrected chi connectivity index (χ4v) is 3.18. The molecule has 1 unspecified atom stereocenters. The molecule has 0 aromatic heterocycles. The van der Waals surface area contributed by atoms with Gasteiger partial charge in [-0.05, 0) is 25.0 Å². The lowest BCUT2D eigenvalue weighted by molar-refractivity contribution is -0.137. The summed E-state index contributed by atoms with van der Waals surface area (Å²) in [6.07, 6.45) is 0.948. The third kappa shape index (κ3) is 2.36. The first kappa shape index (κ1) is 12.2. The van der Waals surface area contributed by atoms with Crippen molar-refractivity contribution in [3.05, 3.63) is 29.3 Å². The molecule has 0 saturated carbocycles. The average molecular weight is 250 g/mol. The molecule has 0 saturated heterocycles. The summed E-state index contributed by atoms with van der Waals surface area (Å²) >= 11 is 1.65. The number of carbonyl (C=O) groups excluding carboxylic acids is 2. The van der Waals surface area contributed by atoms with Crippen LogP contribution in [0.4, 0.5) is 0 Å². The van der Waals surface area contributed by atoms with E-state index < -0.39 is 11.8 Å². The molecular formula is C13H14O3S. The van der Waals surface area contributed by atoms with Crippen molar-refractivity contribution >= 4 is 23.5 Å². The number of esters is 1. The molecule has 0 aliphatic carbocycles. The minimum absolute atomic E-state index is 0.225. The fourth-order valence-electron chi connectivity index (χ4n) is 1.92. The van der Waals surface area contributed by atoms with E-state index in [0.29, 0.717) is 10.8 Å². The van der Waals surface area contributed by atoms with Gasteiger partial charge in [-0.3, -0.25) is 4.79 Å². The molecular weight excluding hydrogens is 236 g/mol. The number of rotatable bonds is 3. The van der Waals surface area contributed by atoms with Gasteiger partial charge < -0.3 is 4.74 Å². The Balaban J connectivity index is 2.32. The van der Waals surface area contributed by atoms with Crippen LogP contribution in [0.25, 0.3) is 0 Å². The molecule has 0 bridgehead atoms. The normalized spacial score (nSPS) is 17.6. The minimum Gasteiger partial charge on any atom is -0.460 e. The van der Waals surface area contributed by atoms with Gasteiger partial charge in [-0.2, -0.15) is 0 Å². The van der Waals surface area contributed by atoms with Crippen LogP contribution in [-0.4, -0.2) is 23.6 Å². The second kappa shape index (κ2) is 4.92. The highest BCUT2D eigenvalue weighted by atomic mass is 32.2. The maximum absolute atomic E-state index is 11.9. The van der Waals surface area contributed by atoms with Gasteiger partial charge in [0.15, 0.2) is 0 Å². The van der Waals surface area contributed by atoms with Crippen molar-refractivity contribution < 1.29 is 14.3 Å². The van der Waals surface area contributed by atoms with E-state index in [4.69, 9.17) is 4.74 Å². The van der Waals surface area contributed by atoms with Gasteiger partial charge in [0.25, 0.3) is 5.78 Å². The van der Waals surface area contributed by atoms with Crippen molar-refractivity contribution in [1.29, 1.82) is 0 Å². The highest BCUT2D eigenvalue weighted by molar-refractivity contribution is 8.00. The van der Waals surface area contributed by atoms with E-state index in [2.05, 4.69) is 6.92 Å². The zero-order chi connectivity index (χ0) is 12.4. The van der Waals surface area contributed by atoms with Crippen molar-refractivity contribution in [2.75, 3.05) is 6.61 Å². The smallest absolute Gasteiger partial charge is 0.379 e. The summed E-state index contributed by atoms with van der Waals surface area (Å²) in [5.41, 5.74) is 1.63. The molecule has 0 amide bonds. The van der Waals surface area contributed by atoms with E-state index in [-0.39, 0.29) is 6.61 Å². The van der Waals surface area contributed by atoms with Crippen LogP contribution in [0.15, 0.2) is 23.1 Å². The molecule has 0 N–H and O–H groups in total. The summed E-state index contributed by atoms with van der Waals surface area (Å²) in [7, 11) is 0. The Morgan fingerprint density at radius 3 is 2.94 bits per heavy atom. The third-order valence-corrected chi connectivity index (χ3v) is 3.92. The van der Waals surface area contributed by atoms with Crippen LogP contribution in [0.5, 0.6) is 0 Å². The summed E-state index contributed by atoms with van der Waals surface area (Å²) in [6.45, 7) is 4.03. The zero-order valence-corrected chi connectivity index (χ0v) is 10.7. The monoisotopic (exact) mass is 250 g/mol. The lowest BCUT2D eigenvalue weighted by Gasteiger charge is -2.06. The van der Waals surface area contributed by atoms with E-state index in [1.54, 1.807) is 24.8 Å². The number of hydrogen-bond donors (Lipinski definition) is 0. The van der Waals surface area contributed by atoms with E-state index in [1.807, 2.05) is 12.1 Å². The molecule has 0 radical (unpaired) electrons. The van der Waals surface area contributed by atoms with Gasteiger partial charge in [0.1, 0.15) is 0 Å². The van der Waals surface area contributed by atoms with Crippen LogP contribution < -0.4 is 0 Å². The molecule has 1 aliphatic heterocycles. The molecule has 1 aromatic carbocycles. The van der Waals surface area contributed by atoms with Crippen LogP contribution in [0.2, 0.25) is 0 Å². The maximum Gasteiger partial charge on any atom is 0.379 e. The molecule has 90 valence electrons. The highest BCUT2D eigenvalue weighted by Crippen LogP contribution is 2.39. The average Bonchev–Trinajstić information content (AvgIpc) is 2.68. The third-order valence-electron chi connectivity index (χ3n) is 2.63. The topological polar surface area (TPSA) is 43.4 Å². The first-order chi connectivity index (χ1) is 8.13. The number of carbonyl (C=O) groups is 2. The van der Waals surface area contributed by atoms with E-state index in [9.17, 15) is 9.59 Å². The largest absolute Gasteiger partial charge is 0.460 e. The number of thioether (sulfide) groups is 1. The molecule has 1 aliphatic rings. The van der Waals surface area contributed by atoms with Crippen molar-refractivity contribution in [3.63, 3.8) is 0 Å².